The third-order valence-electron chi connectivity index (χ3n) is 3.69. The summed E-state index contributed by atoms with van der Waals surface area (Å²) in [4.78, 5) is 12.3. The fourth-order valence-corrected chi connectivity index (χ4v) is 2.34. The van der Waals surface area contributed by atoms with Crippen LogP contribution in [-0.2, 0) is 6.54 Å². The van der Waals surface area contributed by atoms with E-state index < -0.39 is 23.4 Å². The Labute approximate surface area is 147 Å². The number of halogens is 3. The lowest BCUT2D eigenvalue weighted by Crippen LogP contribution is -2.25. The van der Waals surface area contributed by atoms with E-state index in [4.69, 9.17) is 4.74 Å². The molecule has 0 fully saturated rings. The molecule has 0 unspecified atom stereocenters. The molecule has 0 radical (unpaired) electrons. The minimum atomic E-state index is -0.755. The molecule has 0 aliphatic carbocycles. The van der Waals surface area contributed by atoms with Gasteiger partial charge in [-0.2, -0.15) is 5.10 Å². The van der Waals surface area contributed by atoms with Crippen LogP contribution in [0.1, 0.15) is 16.1 Å². The average molecular weight is 361 g/mol. The van der Waals surface area contributed by atoms with E-state index >= 15 is 0 Å². The van der Waals surface area contributed by atoms with Crippen LogP contribution in [0.5, 0.6) is 5.75 Å². The van der Waals surface area contributed by atoms with Crippen LogP contribution in [0, 0.1) is 17.5 Å². The van der Waals surface area contributed by atoms with Crippen molar-refractivity contribution in [1.82, 2.24) is 15.1 Å². The summed E-state index contributed by atoms with van der Waals surface area (Å²) in [6.07, 6.45) is 1.45. The van der Waals surface area contributed by atoms with Crippen molar-refractivity contribution in [2.75, 3.05) is 7.11 Å². The number of nitrogens with zero attached hydrogens (tertiary/aromatic N) is 2. The van der Waals surface area contributed by atoms with E-state index in [0.717, 1.165) is 12.1 Å². The number of amides is 1. The van der Waals surface area contributed by atoms with Crippen LogP contribution < -0.4 is 10.1 Å². The van der Waals surface area contributed by atoms with E-state index in [2.05, 4.69) is 10.4 Å². The Balaban J connectivity index is 1.82. The topological polar surface area (TPSA) is 56.2 Å². The number of carbonyl (C=O) groups excluding carboxylic acids is 1. The van der Waals surface area contributed by atoms with Crippen molar-refractivity contribution in [3.05, 3.63) is 77.4 Å². The van der Waals surface area contributed by atoms with Gasteiger partial charge in [0.05, 0.1) is 19.0 Å². The smallest absolute Gasteiger partial charge is 0.275 e. The molecule has 2 aromatic carbocycles. The van der Waals surface area contributed by atoms with E-state index in [0.29, 0.717) is 5.69 Å². The van der Waals surface area contributed by atoms with Gasteiger partial charge in [-0.25, -0.2) is 17.9 Å². The molecule has 8 heteroatoms. The summed E-state index contributed by atoms with van der Waals surface area (Å²) in [5.41, 5.74) is 0.204. The first kappa shape index (κ1) is 17.5. The second kappa shape index (κ2) is 7.30. The minimum Gasteiger partial charge on any atom is -0.493 e. The molecule has 0 saturated heterocycles. The summed E-state index contributed by atoms with van der Waals surface area (Å²) in [7, 11) is 1.36. The summed E-state index contributed by atoms with van der Waals surface area (Å²) in [6.45, 7) is -0.343. The van der Waals surface area contributed by atoms with Gasteiger partial charge in [0.15, 0.2) is 11.4 Å². The van der Waals surface area contributed by atoms with Crippen molar-refractivity contribution < 1.29 is 22.7 Å². The van der Waals surface area contributed by atoms with Crippen LogP contribution >= 0.6 is 0 Å². The molecule has 3 aromatic rings. The molecule has 0 atom stereocenters. The molecule has 1 aromatic heterocycles. The first-order valence-electron chi connectivity index (χ1n) is 7.60. The van der Waals surface area contributed by atoms with Gasteiger partial charge in [0, 0.05) is 12.1 Å². The van der Waals surface area contributed by atoms with Crippen molar-refractivity contribution >= 4 is 5.91 Å². The zero-order valence-corrected chi connectivity index (χ0v) is 13.7. The third kappa shape index (κ3) is 3.53. The zero-order chi connectivity index (χ0) is 18.7. The maximum Gasteiger partial charge on any atom is 0.275 e. The van der Waals surface area contributed by atoms with Crippen molar-refractivity contribution in [3.8, 4) is 11.4 Å². The summed E-state index contributed by atoms with van der Waals surface area (Å²) in [5.74, 6) is -2.41. The summed E-state index contributed by atoms with van der Waals surface area (Å²) in [6, 6.07) is 8.93. The summed E-state index contributed by atoms with van der Waals surface area (Å²) < 4.78 is 46.8. The number of ether oxygens (including phenoxy) is 1. The molecule has 26 heavy (non-hydrogen) atoms. The minimum absolute atomic E-state index is 0.0615. The molecular weight excluding hydrogens is 347 g/mol. The van der Waals surface area contributed by atoms with E-state index in [1.165, 1.54) is 48.3 Å². The van der Waals surface area contributed by atoms with Crippen LogP contribution in [0.2, 0.25) is 0 Å². The molecule has 3 rings (SSSR count). The maximum absolute atomic E-state index is 13.6. The molecule has 0 bridgehead atoms. The van der Waals surface area contributed by atoms with Crippen LogP contribution in [-0.4, -0.2) is 22.8 Å². The summed E-state index contributed by atoms with van der Waals surface area (Å²) in [5, 5.41) is 6.52. The van der Waals surface area contributed by atoms with Gasteiger partial charge in [-0.05, 0) is 36.4 Å². The SMILES string of the molecule is COc1cn(-c2ccc(F)cc2)nc1C(=O)NCc1c(F)cccc1F. The zero-order valence-electron chi connectivity index (χ0n) is 13.7. The second-order valence-electron chi connectivity index (χ2n) is 5.35. The lowest BCUT2D eigenvalue weighted by Gasteiger charge is -2.07. The van der Waals surface area contributed by atoms with E-state index in [9.17, 15) is 18.0 Å². The van der Waals surface area contributed by atoms with Gasteiger partial charge in [0.25, 0.3) is 5.91 Å². The molecule has 0 aliphatic rings. The molecule has 1 amide bonds. The second-order valence-corrected chi connectivity index (χ2v) is 5.35. The predicted molar refractivity (Wildman–Crippen MR) is 87.6 cm³/mol. The summed E-state index contributed by atoms with van der Waals surface area (Å²) >= 11 is 0. The lowest BCUT2D eigenvalue weighted by molar-refractivity contribution is 0.0942. The molecule has 5 nitrogen and oxygen atoms in total. The number of methoxy groups -OCH3 is 1. The number of benzene rings is 2. The highest BCUT2D eigenvalue weighted by Crippen LogP contribution is 2.20. The molecular formula is C18H14F3N3O2. The van der Waals surface area contributed by atoms with E-state index in [-0.39, 0.29) is 23.6 Å². The number of rotatable bonds is 5. The molecule has 1 heterocycles. The van der Waals surface area contributed by atoms with Crippen molar-refractivity contribution in [3.63, 3.8) is 0 Å². The third-order valence-corrected chi connectivity index (χ3v) is 3.69. The Morgan fingerprint density at radius 1 is 1.12 bits per heavy atom. The Morgan fingerprint density at radius 2 is 1.77 bits per heavy atom. The predicted octanol–water partition coefficient (Wildman–Crippen LogP) is 3.23. The van der Waals surface area contributed by atoms with Gasteiger partial charge in [-0.1, -0.05) is 6.07 Å². The fourth-order valence-electron chi connectivity index (χ4n) is 2.34. The average Bonchev–Trinajstić information content (AvgIpc) is 3.06. The van der Waals surface area contributed by atoms with E-state index in [1.54, 1.807) is 0 Å². The van der Waals surface area contributed by atoms with Gasteiger partial charge in [0.2, 0.25) is 0 Å². The quantitative estimate of drug-likeness (QED) is 0.759. The first-order valence-corrected chi connectivity index (χ1v) is 7.60. The number of aromatic nitrogens is 2. The van der Waals surface area contributed by atoms with Crippen molar-refractivity contribution in [2.24, 2.45) is 0 Å². The Kier molecular flexibility index (Phi) is 4.92. The number of nitrogens with one attached hydrogen (secondary N) is 1. The largest absolute Gasteiger partial charge is 0.493 e. The fraction of sp³-hybridized carbons (Fsp3) is 0.111. The monoisotopic (exact) mass is 361 g/mol. The molecule has 0 saturated carbocycles. The maximum atomic E-state index is 13.6. The van der Waals surface area contributed by atoms with Crippen LogP contribution in [0.4, 0.5) is 13.2 Å². The van der Waals surface area contributed by atoms with Gasteiger partial charge in [-0.3, -0.25) is 4.79 Å². The standard InChI is InChI=1S/C18H14F3N3O2/c1-26-16-10-24(12-7-5-11(19)6-8-12)23-17(16)18(25)22-9-13-14(20)3-2-4-15(13)21/h2-8,10H,9H2,1H3,(H,22,25). The lowest BCUT2D eigenvalue weighted by atomic mass is 10.2. The first-order chi connectivity index (χ1) is 12.5. The molecule has 0 spiro atoms. The number of carbonyl (C=O) groups is 1. The number of hydrogen-bond donors (Lipinski definition) is 1. The highest BCUT2D eigenvalue weighted by atomic mass is 19.1. The van der Waals surface area contributed by atoms with Gasteiger partial charge in [-0.15, -0.1) is 0 Å². The van der Waals surface area contributed by atoms with Crippen LogP contribution in [0.15, 0.2) is 48.7 Å². The van der Waals surface area contributed by atoms with E-state index in [1.807, 2.05) is 0 Å². The molecule has 134 valence electrons. The Hall–Kier alpha value is -3.29. The van der Waals surface area contributed by atoms with Crippen LogP contribution in [0.25, 0.3) is 5.69 Å². The Morgan fingerprint density at radius 3 is 2.38 bits per heavy atom. The number of hydrogen-bond acceptors (Lipinski definition) is 3. The highest BCUT2D eigenvalue weighted by molar-refractivity contribution is 5.94. The van der Waals surface area contributed by atoms with Gasteiger partial charge < -0.3 is 10.1 Å². The molecule has 1 N–H and O–H groups in total. The van der Waals surface area contributed by atoms with Crippen molar-refractivity contribution in [2.45, 2.75) is 6.54 Å². The van der Waals surface area contributed by atoms with Gasteiger partial charge in [0.1, 0.15) is 17.5 Å². The Bertz CT molecular complexity index is 919. The van der Waals surface area contributed by atoms with Gasteiger partial charge >= 0.3 is 0 Å². The van der Waals surface area contributed by atoms with Crippen LogP contribution in [0.3, 0.4) is 0 Å². The van der Waals surface area contributed by atoms with Crippen molar-refractivity contribution in [1.29, 1.82) is 0 Å². The molecule has 0 aliphatic heterocycles. The highest BCUT2D eigenvalue weighted by Gasteiger charge is 2.19. The normalized spacial score (nSPS) is 10.6.